The molecule has 176 valence electrons. The number of carbonyl (C=O) groups excluding carboxylic acids is 1. The van der Waals surface area contributed by atoms with Crippen molar-refractivity contribution >= 4 is 17.2 Å². The molecule has 9 nitrogen and oxygen atoms in total. The Kier molecular flexibility index (Phi) is 6.06. The van der Waals surface area contributed by atoms with Gasteiger partial charge in [0.05, 0.1) is 23.3 Å². The molecule has 1 atom stereocenters. The highest BCUT2D eigenvalue weighted by Gasteiger charge is 2.26. The lowest BCUT2D eigenvalue weighted by Gasteiger charge is -2.33. The molecule has 5 rings (SSSR count). The van der Waals surface area contributed by atoms with Crippen LogP contribution >= 0.6 is 0 Å². The van der Waals surface area contributed by atoms with Gasteiger partial charge in [-0.25, -0.2) is 18.9 Å². The molecule has 0 bridgehead atoms. The Morgan fingerprint density at radius 2 is 2.20 bits per heavy atom. The number of aromatic nitrogens is 5. The molecule has 0 aliphatic carbocycles. The second kappa shape index (κ2) is 9.46. The van der Waals surface area contributed by atoms with E-state index in [2.05, 4.69) is 25.4 Å². The third kappa shape index (κ3) is 4.53. The molecule has 1 aliphatic heterocycles. The highest BCUT2D eigenvalue weighted by atomic mass is 19.1. The van der Waals surface area contributed by atoms with Crippen molar-refractivity contribution in [3.63, 3.8) is 0 Å². The lowest BCUT2D eigenvalue weighted by Crippen LogP contribution is -2.45. The fraction of sp³-hybridized carbons (Fsp3) is 0.280. The number of nitrogens with zero attached hydrogens (tertiary/aromatic N) is 7. The van der Waals surface area contributed by atoms with Crippen molar-refractivity contribution in [3.8, 4) is 28.7 Å². The van der Waals surface area contributed by atoms with Gasteiger partial charge in [-0.15, -0.1) is 0 Å². The van der Waals surface area contributed by atoms with Crippen LogP contribution in [0.3, 0.4) is 0 Å². The summed E-state index contributed by atoms with van der Waals surface area (Å²) in [6.07, 6.45) is 6.43. The summed E-state index contributed by atoms with van der Waals surface area (Å²) in [5, 5.41) is 16.4. The fourth-order valence-corrected chi connectivity index (χ4v) is 4.35. The Bertz CT molecular complexity index is 1440. The maximum absolute atomic E-state index is 15.8. The number of fused-ring (bicyclic) bond motifs is 1. The van der Waals surface area contributed by atoms with E-state index in [1.54, 1.807) is 33.9 Å². The molecule has 1 fully saturated rings. The summed E-state index contributed by atoms with van der Waals surface area (Å²) in [6.45, 7) is 2.79. The maximum Gasteiger partial charge on any atom is 0.236 e. The number of anilines is 1. The van der Waals surface area contributed by atoms with Crippen LogP contribution in [0.25, 0.3) is 28.2 Å². The van der Waals surface area contributed by atoms with Gasteiger partial charge in [0.2, 0.25) is 5.91 Å². The van der Waals surface area contributed by atoms with Crippen LogP contribution in [-0.4, -0.2) is 54.5 Å². The van der Waals surface area contributed by atoms with Gasteiger partial charge < -0.3 is 10.2 Å². The average molecular weight is 471 g/mol. The van der Waals surface area contributed by atoms with Gasteiger partial charge in [0, 0.05) is 42.8 Å². The van der Waals surface area contributed by atoms with E-state index in [-0.39, 0.29) is 29.9 Å². The Balaban J connectivity index is 1.56. The molecule has 0 spiro atoms. The Morgan fingerprint density at radius 1 is 1.31 bits per heavy atom. The first-order valence-corrected chi connectivity index (χ1v) is 11.4. The molecule has 4 aromatic rings. The lowest BCUT2D eigenvalue weighted by atomic mass is 10.0. The molecule has 0 saturated carbocycles. The van der Waals surface area contributed by atoms with E-state index in [9.17, 15) is 4.79 Å². The SMILES string of the molecule is Cc1cc(-c2nc(-c3cnn4ccccc34)nc(N[C@@H]3CCCN(C(=O)CC#N)C3)c2F)ccn1. The van der Waals surface area contributed by atoms with E-state index in [1.165, 1.54) is 0 Å². The molecular weight excluding hydrogens is 447 g/mol. The Morgan fingerprint density at radius 3 is 3.03 bits per heavy atom. The van der Waals surface area contributed by atoms with Crippen LogP contribution in [0.4, 0.5) is 10.2 Å². The molecule has 35 heavy (non-hydrogen) atoms. The van der Waals surface area contributed by atoms with Gasteiger partial charge in [-0.2, -0.15) is 10.4 Å². The monoisotopic (exact) mass is 470 g/mol. The van der Waals surface area contributed by atoms with Gasteiger partial charge in [0.15, 0.2) is 17.5 Å². The smallest absolute Gasteiger partial charge is 0.236 e. The molecule has 1 amide bonds. The number of carbonyl (C=O) groups is 1. The number of hydrogen-bond donors (Lipinski definition) is 1. The van der Waals surface area contributed by atoms with E-state index in [0.29, 0.717) is 30.0 Å². The average Bonchev–Trinajstić information content (AvgIpc) is 3.30. The summed E-state index contributed by atoms with van der Waals surface area (Å²) in [5.41, 5.74) is 2.97. The van der Waals surface area contributed by atoms with Crippen molar-refractivity contribution in [3.05, 3.63) is 60.4 Å². The number of likely N-dealkylation sites (tertiary alicyclic amines) is 1. The summed E-state index contributed by atoms with van der Waals surface area (Å²) in [6, 6.07) is 10.8. The number of pyridine rings is 2. The summed E-state index contributed by atoms with van der Waals surface area (Å²) in [5.74, 6) is -0.388. The summed E-state index contributed by atoms with van der Waals surface area (Å²) in [4.78, 5) is 27.2. The van der Waals surface area contributed by atoms with Crippen LogP contribution in [0.1, 0.15) is 25.0 Å². The number of rotatable bonds is 5. The molecule has 5 heterocycles. The van der Waals surface area contributed by atoms with Crippen molar-refractivity contribution in [2.45, 2.75) is 32.2 Å². The standard InChI is InChI=1S/C25H23FN8O/c1-16-13-17(8-10-28-16)23-22(26)25(30-18-5-4-11-33(15-18)21(35)7-9-27)32-24(31-23)19-14-29-34-12-3-2-6-20(19)34/h2-3,6,8,10,12-14,18H,4-5,7,11,15H2,1H3,(H,30,31,32)/t18-/m1/s1. The predicted molar refractivity (Wildman–Crippen MR) is 128 cm³/mol. The third-order valence-electron chi connectivity index (χ3n) is 6.03. The van der Waals surface area contributed by atoms with Gasteiger partial charge in [-0.1, -0.05) is 6.07 Å². The first-order chi connectivity index (χ1) is 17.0. The topological polar surface area (TPSA) is 112 Å². The second-order valence-electron chi connectivity index (χ2n) is 8.49. The Labute approximate surface area is 201 Å². The summed E-state index contributed by atoms with van der Waals surface area (Å²) in [7, 11) is 0. The van der Waals surface area contributed by atoms with Crippen molar-refractivity contribution in [2.75, 3.05) is 18.4 Å². The molecule has 0 aromatic carbocycles. The van der Waals surface area contributed by atoms with Crippen molar-refractivity contribution < 1.29 is 9.18 Å². The van der Waals surface area contributed by atoms with Crippen LogP contribution in [-0.2, 0) is 4.79 Å². The lowest BCUT2D eigenvalue weighted by molar-refractivity contribution is -0.131. The number of nitrogens with one attached hydrogen (secondary N) is 1. The molecule has 10 heteroatoms. The van der Waals surface area contributed by atoms with E-state index >= 15 is 4.39 Å². The van der Waals surface area contributed by atoms with Crippen LogP contribution < -0.4 is 5.32 Å². The van der Waals surface area contributed by atoms with Crippen LogP contribution in [0.5, 0.6) is 0 Å². The molecule has 1 N–H and O–H groups in total. The molecular formula is C25H23FN8O. The van der Waals surface area contributed by atoms with E-state index in [0.717, 1.165) is 24.1 Å². The zero-order valence-corrected chi connectivity index (χ0v) is 19.1. The second-order valence-corrected chi connectivity index (χ2v) is 8.49. The minimum absolute atomic E-state index is 0.0642. The van der Waals surface area contributed by atoms with Crippen LogP contribution in [0.2, 0.25) is 0 Å². The van der Waals surface area contributed by atoms with Gasteiger partial charge in [0.1, 0.15) is 12.1 Å². The van der Waals surface area contributed by atoms with Crippen molar-refractivity contribution in [1.82, 2.24) is 29.5 Å². The van der Waals surface area contributed by atoms with Gasteiger partial charge in [0.25, 0.3) is 0 Å². The number of amides is 1. The molecule has 4 aromatic heterocycles. The normalized spacial score (nSPS) is 15.7. The number of piperidine rings is 1. The third-order valence-corrected chi connectivity index (χ3v) is 6.03. The van der Waals surface area contributed by atoms with Crippen molar-refractivity contribution in [1.29, 1.82) is 5.26 Å². The molecule has 0 radical (unpaired) electrons. The first kappa shape index (κ1) is 22.4. The van der Waals surface area contributed by atoms with Gasteiger partial charge >= 0.3 is 0 Å². The number of nitriles is 1. The molecule has 1 aliphatic rings. The predicted octanol–water partition coefficient (Wildman–Crippen LogP) is 3.62. The minimum atomic E-state index is -0.573. The number of halogens is 1. The van der Waals surface area contributed by atoms with Gasteiger partial charge in [-0.3, -0.25) is 9.78 Å². The molecule has 1 saturated heterocycles. The fourth-order valence-electron chi connectivity index (χ4n) is 4.35. The maximum atomic E-state index is 15.8. The highest BCUT2D eigenvalue weighted by molar-refractivity contribution is 5.79. The van der Waals surface area contributed by atoms with Gasteiger partial charge in [-0.05, 0) is 44.0 Å². The largest absolute Gasteiger partial charge is 0.363 e. The first-order valence-electron chi connectivity index (χ1n) is 11.4. The number of aryl methyl sites for hydroxylation is 1. The zero-order valence-electron chi connectivity index (χ0n) is 19.1. The Hall–Kier alpha value is -4.39. The summed E-state index contributed by atoms with van der Waals surface area (Å²) >= 11 is 0. The van der Waals surface area contributed by atoms with E-state index in [4.69, 9.17) is 5.26 Å². The quantitative estimate of drug-likeness (QED) is 0.474. The zero-order chi connectivity index (χ0) is 24.4. The highest BCUT2D eigenvalue weighted by Crippen LogP contribution is 2.31. The van der Waals surface area contributed by atoms with E-state index < -0.39 is 5.82 Å². The number of hydrogen-bond acceptors (Lipinski definition) is 7. The van der Waals surface area contributed by atoms with E-state index in [1.807, 2.05) is 37.4 Å². The minimum Gasteiger partial charge on any atom is -0.363 e. The van der Waals surface area contributed by atoms with Crippen LogP contribution in [0.15, 0.2) is 48.9 Å². The molecule has 0 unspecified atom stereocenters. The van der Waals surface area contributed by atoms with Crippen LogP contribution in [0, 0.1) is 24.1 Å². The van der Waals surface area contributed by atoms with Crippen molar-refractivity contribution in [2.24, 2.45) is 0 Å². The summed E-state index contributed by atoms with van der Waals surface area (Å²) < 4.78 is 17.5.